The molecule has 0 spiro atoms. The average molecular weight is 224 g/mol. The molecule has 1 heterocycles. The fraction of sp³-hybridized carbons (Fsp3) is 0.750. The van der Waals surface area contributed by atoms with Crippen LogP contribution in [0.25, 0.3) is 0 Å². The Hall–Kier alpha value is -1.03. The molecular weight excluding hydrogens is 200 g/mol. The van der Waals surface area contributed by atoms with E-state index in [-0.39, 0.29) is 5.41 Å². The molecule has 0 amide bonds. The van der Waals surface area contributed by atoms with Crippen LogP contribution in [-0.4, -0.2) is 22.6 Å². The minimum atomic E-state index is 0.268. The molecule has 4 heteroatoms. The summed E-state index contributed by atoms with van der Waals surface area (Å²) >= 11 is 0. The summed E-state index contributed by atoms with van der Waals surface area (Å²) in [5, 5.41) is 3.40. The van der Waals surface area contributed by atoms with E-state index in [1.807, 2.05) is 12.4 Å². The summed E-state index contributed by atoms with van der Waals surface area (Å²) in [6.07, 6.45) is 6.05. The van der Waals surface area contributed by atoms with Gasteiger partial charge < -0.3 is 15.6 Å². The van der Waals surface area contributed by atoms with Crippen LogP contribution in [0, 0.1) is 5.41 Å². The van der Waals surface area contributed by atoms with E-state index in [0.717, 1.165) is 38.4 Å². The monoisotopic (exact) mass is 224 g/mol. The molecule has 92 valence electrons. The normalized spacial score (nSPS) is 11.8. The Kier molecular flexibility index (Phi) is 4.80. The van der Waals surface area contributed by atoms with E-state index in [4.69, 9.17) is 5.73 Å². The number of imidazole rings is 1. The van der Waals surface area contributed by atoms with E-state index in [1.54, 1.807) is 0 Å². The van der Waals surface area contributed by atoms with Gasteiger partial charge in [-0.1, -0.05) is 13.8 Å². The Morgan fingerprint density at radius 2 is 2.25 bits per heavy atom. The number of nitrogens with zero attached hydrogens (tertiary/aromatic N) is 2. The van der Waals surface area contributed by atoms with Crippen LogP contribution in [0.2, 0.25) is 0 Å². The van der Waals surface area contributed by atoms with Crippen molar-refractivity contribution in [2.75, 3.05) is 18.4 Å². The fourth-order valence-electron chi connectivity index (χ4n) is 1.72. The minimum Gasteiger partial charge on any atom is -0.355 e. The molecule has 1 aromatic rings. The lowest BCUT2D eigenvalue weighted by Gasteiger charge is -2.25. The highest BCUT2D eigenvalue weighted by Gasteiger charge is 2.17. The second-order valence-corrected chi connectivity index (χ2v) is 4.95. The largest absolute Gasteiger partial charge is 0.355 e. The van der Waals surface area contributed by atoms with Crippen molar-refractivity contribution in [3.63, 3.8) is 0 Å². The maximum Gasteiger partial charge on any atom is 0.202 e. The first-order valence-corrected chi connectivity index (χ1v) is 6.04. The molecule has 16 heavy (non-hydrogen) atoms. The molecule has 0 aliphatic rings. The topological polar surface area (TPSA) is 55.9 Å². The second kappa shape index (κ2) is 5.89. The van der Waals surface area contributed by atoms with Gasteiger partial charge in [-0.25, -0.2) is 4.98 Å². The number of aromatic nitrogens is 2. The smallest absolute Gasteiger partial charge is 0.202 e. The molecular formula is C12H24N4. The molecule has 0 aliphatic carbocycles. The predicted octanol–water partition coefficient (Wildman–Crippen LogP) is 2.08. The zero-order valence-corrected chi connectivity index (χ0v) is 10.7. The quantitative estimate of drug-likeness (QED) is 0.745. The van der Waals surface area contributed by atoms with Crippen LogP contribution < -0.4 is 11.1 Å². The van der Waals surface area contributed by atoms with E-state index in [0.29, 0.717) is 0 Å². The number of nitrogens with two attached hydrogens (primary N) is 1. The van der Waals surface area contributed by atoms with Crippen LogP contribution in [0.4, 0.5) is 5.95 Å². The molecule has 3 N–H and O–H groups in total. The van der Waals surface area contributed by atoms with Crippen molar-refractivity contribution in [2.45, 2.75) is 40.2 Å². The van der Waals surface area contributed by atoms with E-state index in [2.05, 4.69) is 35.6 Å². The first-order chi connectivity index (χ1) is 7.59. The van der Waals surface area contributed by atoms with E-state index in [1.165, 1.54) is 0 Å². The average Bonchev–Trinajstić information content (AvgIpc) is 2.71. The molecule has 0 saturated heterocycles. The van der Waals surface area contributed by atoms with Crippen molar-refractivity contribution in [3.05, 3.63) is 12.4 Å². The van der Waals surface area contributed by atoms with Crippen molar-refractivity contribution in [2.24, 2.45) is 11.1 Å². The summed E-state index contributed by atoms with van der Waals surface area (Å²) in [6, 6.07) is 0. The lowest BCUT2D eigenvalue weighted by molar-refractivity contribution is 0.349. The molecule has 0 radical (unpaired) electrons. The summed E-state index contributed by atoms with van der Waals surface area (Å²) in [6.45, 7) is 9.29. The Balaban J connectivity index is 2.44. The summed E-state index contributed by atoms with van der Waals surface area (Å²) < 4.78 is 2.11. The van der Waals surface area contributed by atoms with Gasteiger partial charge in [-0.05, 0) is 31.7 Å². The lowest BCUT2D eigenvalue weighted by atomic mass is 9.88. The van der Waals surface area contributed by atoms with E-state index in [9.17, 15) is 0 Å². The molecule has 4 nitrogen and oxygen atoms in total. The highest BCUT2D eigenvalue weighted by molar-refractivity contribution is 5.26. The van der Waals surface area contributed by atoms with Crippen LogP contribution >= 0.6 is 0 Å². The number of rotatable bonds is 7. The van der Waals surface area contributed by atoms with Gasteiger partial charge in [0.2, 0.25) is 5.95 Å². The van der Waals surface area contributed by atoms with Gasteiger partial charge in [-0.3, -0.25) is 0 Å². The Labute approximate surface area is 98.2 Å². The number of nitrogens with one attached hydrogen (secondary N) is 1. The van der Waals surface area contributed by atoms with Crippen LogP contribution in [0.1, 0.15) is 33.6 Å². The van der Waals surface area contributed by atoms with Gasteiger partial charge in [0.25, 0.3) is 0 Å². The first kappa shape index (κ1) is 13.0. The minimum absolute atomic E-state index is 0.268. The number of anilines is 1. The van der Waals surface area contributed by atoms with Gasteiger partial charge in [0, 0.05) is 25.5 Å². The SMILES string of the molecule is CCn1ccnc1NCC(C)(C)CCCN. The van der Waals surface area contributed by atoms with E-state index >= 15 is 0 Å². The Bertz CT molecular complexity index is 304. The van der Waals surface area contributed by atoms with Gasteiger partial charge in [0.15, 0.2) is 0 Å². The highest BCUT2D eigenvalue weighted by atomic mass is 15.2. The Morgan fingerprint density at radius 3 is 2.88 bits per heavy atom. The molecule has 0 fully saturated rings. The first-order valence-electron chi connectivity index (χ1n) is 6.04. The highest BCUT2D eigenvalue weighted by Crippen LogP contribution is 2.22. The van der Waals surface area contributed by atoms with Crippen molar-refractivity contribution < 1.29 is 0 Å². The molecule has 0 atom stereocenters. The third-order valence-electron chi connectivity index (χ3n) is 2.84. The summed E-state index contributed by atoms with van der Waals surface area (Å²) in [7, 11) is 0. The van der Waals surface area contributed by atoms with E-state index < -0.39 is 0 Å². The lowest BCUT2D eigenvalue weighted by Crippen LogP contribution is -2.25. The molecule has 0 bridgehead atoms. The van der Waals surface area contributed by atoms with Crippen LogP contribution in [0.15, 0.2) is 12.4 Å². The van der Waals surface area contributed by atoms with Crippen molar-refractivity contribution in [1.82, 2.24) is 9.55 Å². The van der Waals surface area contributed by atoms with Crippen molar-refractivity contribution >= 4 is 5.95 Å². The molecule has 0 unspecified atom stereocenters. The van der Waals surface area contributed by atoms with Gasteiger partial charge in [0.05, 0.1) is 0 Å². The third kappa shape index (κ3) is 3.85. The summed E-state index contributed by atoms with van der Waals surface area (Å²) in [4.78, 5) is 4.30. The maximum atomic E-state index is 5.54. The standard InChI is InChI=1S/C12H24N4/c1-4-16-9-8-14-11(16)15-10-12(2,3)6-5-7-13/h8-9H,4-7,10,13H2,1-3H3,(H,14,15). The zero-order chi connectivity index (χ0) is 12.0. The maximum absolute atomic E-state index is 5.54. The van der Waals surface area contributed by atoms with Crippen LogP contribution in [0.5, 0.6) is 0 Å². The number of hydrogen-bond acceptors (Lipinski definition) is 3. The van der Waals surface area contributed by atoms with Crippen LogP contribution in [0.3, 0.4) is 0 Å². The second-order valence-electron chi connectivity index (χ2n) is 4.95. The molecule has 0 aliphatic heterocycles. The molecule has 1 aromatic heterocycles. The number of hydrogen-bond donors (Lipinski definition) is 2. The Morgan fingerprint density at radius 1 is 1.50 bits per heavy atom. The van der Waals surface area contributed by atoms with Crippen molar-refractivity contribution in [3.8, 4) is 0 Å². The summed E-state index contributed by atoms with van der Waals surface area (Å²) in [5.41, 5.74) is 5.80. The predicted molar refractivity (Wildman–Crippen MR) is 68.5 cm³/mol. The third-order valence-corrected chi connectivity index (χ3v) is 2.84. The van der Waals surface area contributed by atoms with Gasteiger partial charge in [0.1, 0.15) is 0 Å². The number of aryl methyl sites for hydroxylation is 1. The zero-order valence-electron chi connectivity index (χ0n) is 10.7. The molecule has 0 aromatic carbocycles. The van der Waals surface area contributed by atoms with Crippen LogP contribution in [-0.2, 0) is 6.54 Å². The van der Waals surface area contributed by atoms with Crippen molar-refractivity contribution in [1.29, 1.82) is 0 Å². The van der Waals surface area contributed by atoms with Gasteiger partial charge >= 0.3 is 0 Å². The van der Waals surface area contributed by atoms with Gasteiger partial charge in [-0.2, -0.15) is 0 Å². The van der Waals surface area contributed by atoms with Gasteiger partial charge in [-0.15, -0.1) is 0 Å². The summed E-state index contributed by atoms with van der Waals surface area (Å²) in [5.74, 6) is 0.961. The fourth-order valence-corrected chi connectivity index (χ4v) is 1.72. The molecule has 0 saturated carbocycles. The molecule has 1 rings (SSSR count).